The van der Waals surface area contributed by atoms with Crippen molar-refractivity contribution in [2.75, 3.05) is 5.33 Å². The van der Waals surface area contributed by atoms with Crippen LogP contribution >= 0.6 is 15.9 Å². The lowest BCUT2D eigenvalue weighted by Crippen LogP contribution is -2.19. The summed E-state index contributed by atoms with van der Waals surface area (Å²) in [7, 11) is 0. The number of aliphatic hydroxyl groups excluding tert-OH is 2. The van der Waals surface area contributed by atoms with E-state index in [0.29, 0.717) is 17.3 Å². The standard InChI is InChI=1S/C9H12BrNO3/c10-4-3-7(12)9(14)6-1-2-8(13)11-5-6/h1-2,5,7,9,12,14H,3-4H2,(H,11,13). The summed E-state index contributed by atoms with van der Waals surface area (Å²) in [5, 5.41) is 19.7. The highest BCUT2D eigenvalue weighted by Gasteiger charge is 2.17. The molecule has 0 aliphatic carbocycles. The van der Waals surface area contributed by atoms with Gasteiger partial charge in [-0.2, -0.15) is 0 Å². The van der Waals surface area contributed by atoms with Gasteiger partial charge in [-0.25, -0.2) is 0 Å². The Labute approximate surface area is 89.7 Å². The number of aliphatic hydroxyl groups is 2. The maximum atomic E-state index is 10.7. The molecule has 1 heterocycles. The van der Waals surface area contributed by atoms with Crippen LogP contribution < -0.4 is 5.56 Å². The zero-order valence-electron chi connectivity index (χ0n) is 7.48. The van der Waals surface area contributed by atoms with Crippen LogP contribution in [0.1, 0.15) is 18.1 Å². The summed E-state index contributed by atoms with van der Waals surface area (Å²) >= 11 is 3.17. The second-order valence-corrected chi connectivity index (χ2v) is 3.77. The summed E-state index contributed by atoms with van der Waals surface area (Å²) in [5.41, 5.74) is 0.286. The van der Waals surface area contributed by atoms with Crippen molar-refractivity contribution in [2.24, 2.45) is 0 Å². The van der Waals surface area contributed by atoms with Crippen LogP contribution in [0, 0.1) is 0 Å². The third-order valence-electron chi connectivity index (χ3n) is 1.92. The molecule has 0 amide bonds. The van der Waals surface area contributed by atoms with E-state index in [4.69, 9.17) is 0 Å². The van der Waals surface area contributed by atoms with E-state index in [1.807, 2.05) is 0 Å². The Morgan fingerprint density at radius 1 is 1.43 bits per heavy atom. The molecular formula is C9H12BrNO3. The fraction of sp³-hybridized carbons (Fsp3) is 0.444. The average Bonchev–Trinajstić information content (AvgIpc) is 2.18. The number of rotatable bonds is 4. The zero-order valence-corrected chi connectivity index (χ0v) is 9.07. The minimum Gasteiger partial charge on any atom is -0.390 e. The number of aromatic nitrogens is 1. The average molecular weight is 262 g/mol. The van der Waals surface area contributed by atoms with Gasteiger partial charge in [-0.15, -0.1) is 0 Å². The van der Waals surface area contributed by atoms with E-state index in [-0.39, 0.29) is 5.56 Å². The Bertz CT molecular complexity index is 319. The van der Waals surface area contributed by atoms with Crippen LogP contribution in [0.25, 0.3) is 0 Å². The van der Waals surface area contributed by atoms with E-state index < -0.39 is 12.2 Å². The quantitative estimate of drug-likeness (QED) is 0.694. The number of alkyl halides is 1. The summed E-state index contributed by atoms with van der Waals surface area (Å²) in [6, 6.07) is 2.82. The Kier molecular flexibility index (Phi) is 4.31. The number of nitrogens with one attached hydrogen (secondary N) is 1. The van der Waals surface area contributed by atoms with E-state index in [0.717, 1.165) is 0 Å². The van der Waals surface area contributed by atoms with Crippen molar-refractivity contribution >= 4 is 15.9 Å². The fourth-order valence-corrected chi connectivity index (χ4v) is 1.57. The first-order valence-corrected chi connectivity index (χ1v) is 5.38. The van der Waals surface area contributed by atoms with Crippen molar-refractivity contribution in [3.05, 3.63) is 34.2 Å². The molecule has 1 aromatic heterocycles. The van der Waals surface area contributed by atoms with Crippen molar-refractivity contribution in [3.63, 3.8) is 0 Å². The van der Waals surface area contributed by atoms with Gasteiger partial charge in [0.1, 0.15) is 6.10 Å². The highest BCUT2D eigenvalue weighted by Crippen LogP contribution is 2.17. The monoisotopic (exact) mass is 261 g/mol. The maximum Gasteiger partial charge on any atom is 0.247 e. The van der Waals surface area contributed by atoms with Crippen LogP contribution in [0.4, 0.5) is 0 Å². The second kappa shape index (κ2) is 5.29. The summed E-state index contributed by atoms with van der Waals surface area (Å²) in [6.45, 7) is 0. The molecule has 0 spiro atoms. The molecular weight excluding hydrogens is 250 g/mol. The van der Waals surface area contributed by atoms with Gasteiger partial charge in [0.05, 0.1) is 6.10 Å². The molecule has 14 heavy (non-hydrogen) atoms. The molecule has 4 nitrogen and oxygen atoms in total. The number of aromatic amines is 1. The Morgan fingerprint density at radius 2 is 2.14 bits per heavy atom. The summed E-state index contributed by atoms with van der Waals surface area (Å²) < 4.78 is 0. The number of H-pyrrole nitrogens is 1. The van der Waals surface area contributed by atoms with Crippen LogP contribution in [0.3, 0.4) is 0 Å². The smallest absolute Gasteiger partial charge is 0.247 e. The summed E-state index contributed by atoms with van der Waals surface area (Å²) in [6.07, 6.45) is 0.0924. The lowest BCUT2D eigenvalue weighted by atomic mass is 10.1. The fourth-order valence-electron chi connectivity index (χ4n) is 1.10. The molecule has 0 aliphatic rings. The molecule has 0 saturated heterocycles. The number of pyridine rings is 1. The lowest BCUT2D eigenvalue weighted by molar-refractivity contribution is 0.0171. The Morgan fingerprint density at radius 3 is 2.64 bits per heavy atom. The molecule has 0 saturated carbocycles. The number of hydrogen-bond donors (Lipinski definition) is 3. The third kappa shape index (κ3) is 2.94. The van der Waals surface area contributed by atoms with Gasteiger partial charge in [-0.1, -0.05) is 15.9 Å². The molecule has 0 bridgehead atoms. The first-order chi connectivity index (χ1) is 6.65. The van der Waals surface area contributed by atoms with Gasteiger partial charge in [0, 0.05) is 17.6 Å². The van der Waals surface area contributed by atoms with Crippen LogP contribution in [0.2, 0.25) is 0 Å². The predicted molar refractivity (Wildman–Crippen MR) is 56.4 cm³/mol. The van der Waals surface area contributed by atoms with Crippen molar-refractivity contribution in [2.45, 2.75) is 18.6 Å². The molecule has 0 aromatic carbocycles. The predicted octanol–water partition coefficient (Wildman–Crippen LogP) is 0.554. The van der Waals surface area contributed by atoms with Gasteiger partial charge >= 0.3 is 0 Å². The molecule has 0 fully saturated rings. The summed E-state index contributed by atoms with van der Waals surface area (Å²) in [4.78, 5) is 13.2. The van der Waals surface area contributed by atoms with Crippen molar-refractivity contribution in [3.8, 4) is 0 Å². The molecule has 2 atom stereocenters. The van der Waals surface area contributed by atoms with Crippen LogP contribution in [-0.2, 0) is 0 Å². The second-order valence-electron chi connectivity index (χ2n) is 2.98. The van der Waals surface area contributed by atoms with E-state index in [9.17, 15) is 15.0 Å². The number of halogens is 1. The molecule has 5 heteroatoms. The third-order valence-corrected chi connectivity index (χ3v) is 2.38. The van der Waals surface area contributed by atoms with E-state index in [2.05, 4.69) is 20.9 Å². The highest BCUT2D eigenvalue weighted by atomic mass is 79.9. The van der Waals surface area contributed by atoms with Gasteiger partial charge in [-0.05, 0) is 18.1 Å². The normalized spacial score (nSPS) is 15.1. The van der Waals surface area contributed by atoms with Crippen molar-refractivity contribution < 1.29 is 10.2 Å². The van der Waals surface area contributed by atoms with Crippen molar-refractivity contribution in [1.29, 1.82) is 0 Å². The maximum absolute atomic E-state index is 10.7. The van der Waals surface area contributed by atoms with Crippen LogP contribution in [-0.4, -0.2) is 26.6 Å². The largest absolute Gasteiger partial charge is 0.390 e. The van der Waals surface area contributed by atoms with E-state index >= 15 is 0 Å². The molecule has 0 aliphatic heterocycles. The summed E-state index contributed by atoms with van der Waals surface area (Å²) in [5.74, 6) is 0. The first-order valence-electron chi connectivity index (χ1n) is 4.26. The van der Waals surface area contributed by atoms with Crippen LogP contribution in [0.5, 0.6) is 0 Å². The SMILES string of the molecule is O=c1ccc(C(O)C(O)CCBr)c[nH]1. The van der Waals surface area contributed by atoms with Gasteiger partial charge in [-0.3, -0.25) is 4.79 Å². The number of hydrogen-bond acceptors (Lipinski definition) is 3. The lowest BCUT2D eigenvalue weighted by Gasteiger charge is -2.16. The van der Waals surface area contributed by atoms with Crippen LogP contribution in [0.15, 0.2) is 23.1 Å². The highest BCUT2D eigenvalue weighted by molar-refractivity contribution is 9.09. The van der Waals surface area contributed by atoms with Crippen molar-refractivity contribution in [1.82, 2.24) is 4.98 Å². The molecule has 0 radical (unpaired) electrons. The minimum atomic E-state index is -0.954. The zero-order chi connectivity index (χ0) is 10.6. The molecule has 1 aromatic rings. The molecule has 2 unspecified atom stereocenters. The Balaban J connectivity index is 2.73. The molecule has 3 N–H and O–H groups in total. The van der Waals surface area contributed by atoms with E-state index in [1.54, 1.807) is 0 Å². The minimum absolute atomic E-state index is 0.226. The molecule has 78 valence electrons. The van der Waals surface area contributed by atoms with Gasteiger partial charge in [0.25, 0.3) is 0 Å². The van der Waals surface area contributed by atoms with Gasteiger partial charge in [0.15, 0.2) is 0 Å². The Hall–Kier alpha value is -0.650. The van der Waals surface area contributed by atoms with Gasteiger partial charge in [0.2, 0.25) is 5.56 Å². The van der Waals surface area contributed by atoms with Gasteiger partial charge < -0.3 is 15.2 Å². The van der Waals surface area contributed by atoms with E-state index in [1.165, 1.54) is 18.3 Å². The molecule has 1 rings (SSSR count). The topological polar surface area (TPSA) is 73.3 Å². The first kappa shape index (κ1) is 11.4.